The van der Waals surface area contributed by atoms with Crippen LogP contribution in [0.3, 0.4) is 0 Å². The maximum atomic E-state index is 12.2. The Morgan fingerprint density at radius 1 is 1.22 bits per heavy atom. The van der Waals surface area contributed by atoms with Gasteiger partial charge in [0.15, 0.2) is 4.96 Å². The van der Waals surface area contributed by atoms with E-state index in [1.54, 1.807) is 24.3 Å². The molecule has 116 valence electrons. The Bertz CT molecular complexity index is 990. The van der Waals surface area contributed by atoms with Crippen LogP contribution < -0.4 is 5.56 Å². The van der Waals surface area contributed by atoms with Gasteiger partial charge in [-0.3, -0.25) is 9.20 Å². The second kappa shape index (κ2) is 6.16. The fraction of sp³-hybridized carbons (Fsp3) is 0. The highest BCUT2D eigenvalue weighted by molar-refractivity contribution is 7.18. The van der Waals surface area contributed by atoms with Crippen LogP contribution in [-0.4, -0.2) is 20.5 Å². The standard InChI is InChI=1S/C15H8Cl2N2O3S/c16-9-4-1-8(2-5-9)3-6-10-12(17)13(20)19-7-11(14(21)22)23-15(19)18-10/h1-7H,(H,21,22)/b6-3+. The molecule has 0 aliphatic rings. The molecule has 3 rings (SSSR count). The molecule has 23 heavy (non-hydrogen) atoms. The first-order chi connectivity index (χ1) is 11.0. The predicted octanol–water partition coefficient (Wildman–Crippen LogP) is 3.93. The van der Waals surface area contributed by atoms with Gasteiger partial charge in [0, 0.05) is 11.2 Å². The van der Waals surface area contributed by atoms with Gasteiger partial charge in [-0.1, -0.05) is 52.7 Å². The molecule has 0 aliphatic heterocycles. The van der Waals surface area contributed by atoms with Crippen molar-refractivity contribution in [2.24, 2.45) is 0 Å². The number of hydrogen-bond acceptors (Lipinski definition) is 4. The number of aromatic nitrogens is 2. The average molecular weight is 367 g/mol. The van der Waals surface area contributed by atoms with Crippen molar-refractivity contribution in [3.8, 4) is 0 Å². The largest absolute Gasteiger partial charge is 0.477 e. The molecule has 0 unspecified atom stereocenters. The zero-order chi connectivity index (χ0) is 16.6. The Morgan fingerprint density at radius 2 is 1.91 bits per heavy atom. The Labute approximate surface area is 144 Å². The molecule has 2 heterocycles. The number of carbonyl (C=O) groups is 1. The molecule has 0 bridgehead atoms. The monoisotopic (exact) mass is 366 g/mol. The highest BCUT2D eigenvalue weighted by Gasteiger charge is 2.14. The van der Waals surface area contributed by atoms with Gasteiger partial charge in [-0.05, 0) is 23.8 Å². The number of fused-ring (bicyclic) bond motifs is 1. The van der Waals surface area contributed by atoms with Crippen molar-refractivity contribution in [2.45, 2.75) is 0 Å². The van der Waals surface area contributed by atoms with Crippen LogP contribution >= 0.6 is 34.5 Å². The average Bonchev–Trinajstić information content (AvgIpc) is 2.95. The third-order valence-electron chi connectivity index (χ3n) is 3.02. The van der Waals surface area contributed by atoms with Gasteiger partial charge in [-0.25, -0.2) is 9.78 Å². The Morgan fingerprint density at radius 3 is 2.57 bits per heavy atom. The molecule has 0 aliphatic carbocycles. The van der Waals surface area contributed by atoms with E-state index in [1.807, 2.05) is 12.1 Å². The zero-order valence-electron chi connectivity index (χ0n) is 11.4. The third kappa shape index (κ3) is 3.14. The summed E-state index contributed by atoms with van der Waals surface area (Å²) in [6, 6.07) is 7.11. The fourth-order valence-electron chi connectivity index (χ4n) is 1.89. The summed E-state index contributed by atoms with van der Waals surface area (Å²) in [7, 11) is 0. The van der Waals surface area contributed by atoms with E-state index in [9.17, 15) is 9.59 Å². The lowest BCUT2D eigenvalue weighted by Crippen LogP contribution is -2.14. The van der Waals surface area contributed by atoms with Gasteiger partial charge in [-0.15, -0.1) is 0 Å². The fourth-order valence-corrected chi connectivity index (χ4v) is 3.04. The summed E-state index contributed by atoms with van der Waals surface area (Å²) >= 11 is 12.8. The van der Waals surface area contributed by atoms with Gasteiger partial charge >= 0.3 is 5.97 Å². The molecule has 5 nitrogen and oxygen atoms in total. The molecule has 0 radical (unpaired) electrons. The first-order valence-electron chi connectivity index (χ1n) is 6.34. The van der Waals surface area contributed by atoms with Crippen LogP contribution in [0.2, 0.25) is 10.0 Å². The number of halogens is 2. The summed E-state index contributed by atoms with van der Waals surface area (Å²) in [4.78, 5) is 27.7. The molecule has 8 heteroatoms. The lowest BCUT2D eigenvalue weighted by atomic mass is 10.2. The summed E-state index contributed by atoms with van der Waals surface area (Å²) in [6.45, 7) is 0. The normalized spacial score (nSPS) is 11.4. The first kappa shape index (κ1) is 15.7. The smallest absolute Gasteiger partial charge is 0.347 e. The minimum absolute atomic E-state index is 0.0181. The van der Waals surface area contributed by atoms with Crippen molar-refractivity contribution in [3.05, 3.63) is 67.0 Å². The van der Waals surface area contributed by atoms with Crippen molar-refractivity contribution < 1.29 is 9.90 Å². The molecule has 0 amide bonds. The van der Waals surface area contributed by atoms with Crippen molar-refractivity contribution in [3.63, 3.8) is 0 Å². The summed E-state index contributed by atoms with van der Waals surface area (Å²) in [6.07, 6.45) is 4.57. The number of aromatic carboxylic acids is 1. The SMILES string of the molecule is O=C(O)c1cn2c(=O)c(Cl)c(/C=C/c3ccc(Cl)cc3)nc2s1. The van der Waals surface area contributed by atoms with Crippen LogP contribution in [0.25, 0.3) is 17.1 Å². The Kier molecular flexibility index (Phi) is 4.21. The third-order valence-corrected chi connectivity index (χ3v) is 4.59. The van der Waals surface area contributed by atoms with Gasteiger partial charge in [0.2, 0.25) is 0 Å². The molecule has 0 saturated heterocycles. The summed E-state index contributed by atoms with van der Waals surface area (Å²) in [5.74, 6) is -1.12. The van der Waals surface area contributed by atoms with Crippen LogP contribution in [0, 0.1) is 0 Å². The summed E-state index contributed by atoms with van der Waals surface area (Å²) in [5, 5.41) is 9.56. The molecule has 1 N–H and O–H groups in total. The molecule has 0 atom stereocenters. The maximum Gasteiger partial charge on any atom is 0.347 e. The molecule has 0 saturated carbocycles. The number of thiazole rings is 1. The first-order valence-corrected chi connectivity index (χ1v) is 7.91. The second-order valence-electron chi connectivity index (χ2n) is 4.55. The van der Waals surface area contributed by atoms with Crippen LogP contribution in [0.4, 0.5) is 0 Å². The number of nitrogens with zero attached hydrogens (tertiary/aromatic N) is 2. The van der Waals surface area contributed by atoms with Crippen molar-refractivity contribution >= 4 is 57.6 Å². The van der Waals surface area contributed by atoms with Crippen LogP contribution in [0.15, 0.2) is 35.3 Å². The summed E-state index contributed by atoms with van der Waals surface area (Å²) in [5.41, 5.74) is 0.645. The molecule has 0 fully saturated rings. The van der Waals surface area contributed by atoms with Crippen LogP contribution in [-0.2, 0) is 0 Å². The maximum absolute atomic E-state index is 12.2. The zero-order valence-corrected chi connectivity index (χ0v) is 13.7. The predicted molar refractivity (Wildman–Crippen MR) is 91.7 cm³/mol. The lowest BCUT2D eigenvalue weighted by molar-refractivity contribution is 0.0702. The molecule has 0 spiro atoms. The summed E-state index contributed by atoms with van der Waals surface area (Å²) < 4.78 is 1.14. The molecular weight excluding hydrogens is 359 g/mol. The van der Waals surface area contributed by atoms with Gasteiger partial charge in [0.05, 0.1) is 5.69 Å². The highest BCUT2D eigenvalue weighted by Crippen LogP contribution is 2.20. The Balaban J connectivity index is 2.07. The van der Waals surface area contributed by atoms with Gasteiger partial charge < -0.3 is 5.11 Å². The topological polar surface area (TPSA) is 71.7 Å². The van der Waals surface area contributed by atoms with Crippen molar-refractivity contribution in [1.82, 2.24) is 9.38 Å². The lowest BCUT2D eigenvalue weighted by Gasteiger charge is -1.99. The molecule has 1 aromatic carbocycles. The minimum Gasteiger partial charge on any atom is -0.477 e. The number of carboxylic acids is 1. The number of carboxylic acid groups (broad SMARTS) is 1. The van der Waals surface area contributed by atoms with E-state index < -0.39 is 11.5 Å². The minimum atomic E-state index is -1.12. The second-order valence-corrected chi connectivity index (χ2v) is 6.38. The van der Waals surface area contributed by atoms with E-state index in [0.717, 1.165) is 21.3 Å². The number of hydrogen-bond donors (Lipinski definition) is 1. The van der Waals surface area contributed by atoms with Gasteiger partial charge in [0.1, 0.15) is 9.90 Å². The van der Waals surface area contributed by atoms with E-state index in [-0.39, 0.29) is 20.6 Å². The quantitative estimate of drug-likeness (QED) is 0.761. The van der Waals surface area contributed by atoms with E-state index in [4.69, 9.17) is 28.3 Å². The van der Waals surface area contributed by atoms with Gasteiger partial charge in [-0.2, -0.15) is 0 Å². The van der Waals surface area contributed by atoms with Crippen molar-refractivity contribution in [1.29, 1.82) is 0 Å². The van der Waals surface area contributed by atoms with E-state index >= 15 is 0 Å². The molecule has 3 aromatic rings. The van der Waals surface area contributed by atoms with E-state index in [0.29, 0.717) is 5.02 Å². The van der Waals surface area contributed by atoms with E-state index in [2.05, 4.69) is 4.98 Å². The van der Waals surface area contributed by atoms with Crippen LogP contribution in [0.1, 0.15) is 20.9 Å². The Hall–Kier alpha value is -2.15. The van der Waals surface area contributed by atoms with Crippen molar-refractivity contribution in [2.75, 3.05) is 0 Å². The number of rotatable bonds is 3. The molecule has 2 aromatic heterocycles. The molecular formula is C15H8Cl2N2O3S. The van der Waals surface area contributed by atoms with Gasteiger partial charge in [0.25, 0.3) is 5.56 Å². The van der Waals surface area contributed by atoms with E-state index in [1.165, 1.54) is 6.20 Å². The van der Waals surface area contributed by atoms with Crippen LogP contribution in [0.5, 0.6) is 0 Å². The highest BCUT2D eigenvalue weighted by atomic mass is 35.5. The number of benzene rings is 1.